The summed E-state index contributed by atoms with van der Waals surface area (Å²) in [4.78, 5) is 12.7. The van der Waals surface area contributed by atoms with E-state index < -0.39 is 5.54 Å². The van der Waals surface area contributed by atoms with Crippen LogP contribution in [0, 0.1) is 0 Å². The Kier molecular flexibility index (Phi) is 3.66. The minimum atomic E-state index is -1.01. The van der Waals surface area contributed by atoms with Gasteiger partial charge in [-0.15, -0.1) is 0 Å². The predicted molar refractivity (Wildman–Crippen MR) is 86.0 cm³/mol. The van der Waals surface area contributed by atoms with Crippen molar-refractivity contribution in [1.29, 1.82) is 0 Å². The van der Waals surface area contributed by atoms with Gasteiger partial charge in [-0.1, -0.05) is 48.3 Å². The van der Waals surface area contributed by atoms with Gasteiger partial charge < -0.3 is 5.32 Å². The van der Waals surface area contributed by atoms with Crippen molar-refractivity contribution >= 4 is 34.8 Å². The SMILES string of the molecule is CCNC1(c2ccccc2Cl)C(=O)Nc2ccc(Cl)cc21. The van der Waals surface area contributed by atoms with E-state index in [1.54, 1.807) is 18.2 Å². The molecule has 0 fully saturated rings. The van der Waals surface area contributed by atoms with Gasteiger partial charge in [-0.25, -0.2) is 0 Å². The van der Waals surface area contributed by atoms with Crippen molar-refractivity contribution in [1.82, 2.24) is 5.32 Å². The second-order valence-corrected chi connectivity index (χ2v) is 5.75. The maximum absolute atomic E-state index is 12.7. The molecule has 2 aromatic rings. The summed E-state index contributed by atoms with van der Waals surface area (Å²) in [5, 5.41) is 7.33. The molecule has 1 unspecified atom stereocenters. The van der Waals surface area contributed by atoms with Gasteiger partial charge in [-0.3, -0.25) is 10.1 Å². The molecule has 1 aliphatic heterocycles. The van der Waals surface area contributed by atoms with Crippen LogP contribution in [0.25, 0.3) is 0 Å². The molecule has 5 heteroatoms. The van der Waals surface area contributed by atoms with Gasteiger partial charge in [0.15, 0.2) is 5.54 Å². The normalized spacial score (nSPS) is 20.2. The summed E-state index contributed by atoms with van der Waals surface area (Å²) in [6.45, 7) is 2.57. The van der Waals surface area contributed by atoms with Crippen molar-refractivity contribution < 1.29 is 4.79 Å². The zero-order valence-corrected chi connectivity index (χ0v) is 12.9. The lowest BCUT2D eigenvalue weighted by Gasteiger charge is -2.30. The Morgan fingerprint density at radius 2 is 1.90 bits per heavy atom. The number of benzene rings is 2. The van der Waals surface area contributed by atoms with E-state index in [9.17, 15) is 4.79 Å². The standard InChI is InChI=1S/C16H14Cl2N2O/c1-2-19-16(11-5-3-4-6-13(11)18)12-9-10(17)7-8-14(12)20-15(16)21/h3-9,19H,2H2,1H3,(H,20,21). The van der Waals surface area contributed by atoms with Gasteiger partial charge in [0.1, 0.15) is 0 Å². The van der Waals surface area contributed by atoms with E-state index >= 15 is 0 Å². The molecule has 0 aliphatic carbocycles. The first-order chi connectivity index (χ1) is 10.1. The number of likely N-dealkylation sites (N-methyl/N-ethyl adjacent to an activating group) is 1. The Morgan fingerprint density at radius 3 is 2.62 bits per heavy atom. The van der Waals surface area contributed by atoms with Gasteiger partial charge in [0.25, 0.3) is 5.91 Å². The quantitative estimate of drug-likeness (QED) is 0.903. The summed E-state index contributed by atoms with van der Waals surface area (Å²) in [6, 6.07) is 12.7. The minimum Gasteiger partial charge on any atom is -0.324 e. The summed E-state index contributed by atoms with van der Waals surface area (Å²) in [5.74, 6) is -0.144. The molecule has 108 valence electrons. The van der Waals surface area contributed by atoms with Gasteiger partial charge in [-0.05, 0) is 30.8 Å². The Bertz CT molecular complexity index is 717. The molecular formula is C16H14Cl2N2O. The molecule has 1 heterocycles. The highest BCUT2D eigenvalue weighted by molar-refractivity contribution is 6.32. The zero-order valence-electron chi connectivity index (χ0n) is 11.4. The predicted octanol–water partition coefficient (Wildman–Crippen LogP) is 3.80. The van der Waals surface area contributed by atoms with E-state index in [4.69, 9.17) is 23.2 Å². The Labute approximate surface area is 133 Å². The number of fused-ring (bicyclic) bond motifs is 1. The van der Waals surface area contributed by atoms with E-state index in [-0.39, 0.29) is 5.91 Å². The molecule has 3 rings (SSSR count). The highest BCUT2D eigenvalue weighted by Crippen LogP contribution is 2.44. The smallest absolute Gasteiger partial charge is 0.254 e. The number of nitrogens with one attached hydrogen (secondary N) is 2. The maximum Gasteiger partial charge on any atom is 0.254 e. The second kappa shape index (κ2) is 5.34. The first-order valence-corrected chi connectivity index (χ1v) is 7.46. The molecule has 0 bridgehead atoms. The summed E-state index contributed by atoms with van der Waals surface area (Å²) in [7, 11) is 0. The van der Waals surface area contributed by atoms with Crippen LogP contribution in [0.1, 0.15) is 18.1 Å². The number of hydrogen-bond acceptors (Lipinski definition) is 2. The molecule has 0 saturated carbocycles. The van der Waals surface area contributed by atoms with Crippen LogP contribution in [-0.4, -0.2) is 12.5 Å². The average Bonchev–Trinajstić information content (AvgIpc) is 2.73. The van der Waals surface area contributed by atoms with Gasteiger partial charge in [-0.2, -0.15) is 0 Å². The van der Waals surface area contributed by atoms with Gasteiger partial charge >= 0.3 is 0 Å². The number of halogens is 2. The van der Waals surface area contributed by atoms with Crippen molar-refractivity contribution in [3.8, 4) is 0 Å². The fourth-order valence-corrected chi connectivity index (χ4v) is 3.29. The van der Waals surface area contributed by atoms with Crippen LogP contribution >= 0.6 is 23.2 Å². The highest BCUT2D eigenvalue weighted by atomic mass is 35.5. The Balaban J connectivity index is 2.31. The minimum absolute atomic E-state index is 0.144. The third-order valence-electron chi connectivity index (χ3n) is 3.69. The van der Waals surface area contributed by atoms with Crippen LogP contribution in [0.15, 0.2) is 42.5 Å². The van der Waals surface area contributed by atoms with Crippen molar-refractivity contribution in [3.05, 3.63) is 63.6 Å². The summed E-state index contributed by atoms with van der Waals surface area (Å²) in [6.07, 6.45) is 0. The van der Waals surface area contributed by atoms with E-state index in [1.165, 1.54) is 0 Å². The Morgan fingerprint density at radius 1 is 1.14 bits per heavy atom. The van der Waals surface area contributed by atoms with Crippen molar-refractivity contribution in [2.24, 2.45) is 0 Å². The fraction of sp³-hybridized carbons (Fsp3) is 0.188. The molecule has 3 nitrogen and oxygen atoms in total. The van der Waals surface area contributed by atoms with Crippen molar-refractivity contribution in [2.45, 2.75) is 12.5 Å². The molecule has 1 atom stereocenters. The molecule has 0 saturated heterocycles. The number of amides is 1. The van der Waals surface area contributed by atoms with E-state index in [0.29, 0.717) is 16.6 Å². The van der Waals surface area contributed by atoms with Crippen LogP contribution in [-0.2, 0) is 10.3 Å². The van der Waals surface area contributed by atoms with Crippen molar-refractivity contribution in [2.75, 3.05) is 11.9 Å². The Hall–Kier alpha value is -1.55. The van der Waals surface area contributed by atoms with Crippen molar-refractivity contribution in [3.63, 3.8) is 0 Å². The lowest BCUT2D eigenvalue weighted by atomic mass is 9.83. The molecule has 2 aromatic carbocycles. The molecular weight excluding hydrogens is 307 g/mol. The van der Waals surface area contributed by atoms with Crippen LogP contribution in [0.2, 0.25) is 10.0 Å². The molecule has 0 aromatic heterocycles. The third-order valence-corrected chi connectivity index (χ3v) is 4.26. The van der Waals surface area contributed by atoms with Crippen LogP contribution < -0.4 is 10.6 Å². The lowest BCUT2D eigenvalue weighted by molar-refractivity contribution is -0.120. The van der Waals surface area contributed by atoms with Crippen LogP contribution in [0.3, 0.4) is 0 Å². The second-order valence-electron chi connectivity index (χ2n) is 4.90. The van der Waals surface area contributed by atoms with Crippen LogP contribution in [0.5, 0.6) is 0 Å². The largest absolute Gasteiger partial charge is 0.324 e. The topological polar surface area (TPSA) is 41.1 Å². The first kappa shape index (κ1) is 14.4. The van der Waals surface area contributed by atoms with E-state index in [2.05, 4.69) is 10.6 Å². The monoisotopic (exact) mass is 320 g/mol. The average molecular weight is 321 g/mol. The molecule has 1 aliphatic rings. The number of carbonyl (C=O) groups excluding carboxylic acids is 1. The number of hydrogen-bond donors (Lipinski definition) is 2. The number of anilines is 1. The molecule has 0 spiro atoms. The summed E-state index contributed by atoms with van der Waals surface area (Å²) < 4.78 is 0. The summed E-state index contributed by atoms with van der Waals surface area (Å²) >= 11 is 12.5. The van der Waals surface area contributed by atoms with Gasteiger partial charge in [0.2, 0.25) is 0 Å². The zero-order chi connectivity index (χ0) is 15.0. The van der Waals surface area contributed by atoms with Crippen LogP contribution in [0.4, 0.5) is 5.69 Å². The molecule has 21 heavy (non-hydrogen) atoms. The van der Waals surface area contributed by atoms with E-state index in [1.807, 2.05) is 31.2 Å². The first-order valence-electron chi connectivity index (χ1n) is 6.71. The van der Waals surface area contributed by atoms with Gasteiger partial charge in [0, 0.05) is 26.9 Å². The summed E-state index contributed by atoms with van der Waals surface area (Å²) in [5.41, 5.74) is 1.28. The number of carbonyl (C=O) groups is 1. The molecule has 1 amide bonds. The highest BCUT2D eigenvalue weighted by Gasteiger charge is 2.48. The van der Waals surface area contributed by atoms with Gasteiger partial charge in [0.05, 0.1) is 0 Å². The maximum atomic E-state index is 12.7. The van der Waals surface area contributed by atoms with E-state index in [0.717, 1.165) is 16.8 Å². The fourth-order valence-electron chi connectivity index (χ4n) is 2.84. The lowest BCUT2D eigenvalue weighted by Crippen LogP contribution is -2.49. The molecule has 2 N–H and O–H groups in total. The molecule has 0 radical (unpaired) electrons. The third kappa shape index (κ3) is 2.13. The number of rotatable bonds is 3.